The van der Waals surface area contributed by atoms with E-state index in [9.17, 15) is 36.5 Å². The largest absolute Gasteiger partial charge is 0.425 e. The maximum absolute atomic E-state index is 13.2. The van der Waals surface area contributed by atoms with E-state index in [1.165, 1.54) is 24.4 Å². The van der Waals surface area contributed by atoms with E-state index in [0.29, 0.717) is 39.6 Å². The molecule has 254 valence electrons. The number of nitro benzene ring substituents is 1. The number of fused-ring (bicyclic) bond motifs is 2. The van der Waals surface area contributed by atoms with Crippen molar-refractivity contribution in [2.24, 2.45) is 0 Å². The highest BCUT2D eigenvalue weighted by molar-refractivity contribution is 7.19. The van der Waals surface area contributed by atoms with E-state index in [1.807, 2.05) is 0 Å². The topological polar surface area (TPSA) is 133 Å². The van der Waals surface area contributed by atoms with Crippen LogP contribution >= 0.6 is 34.3 Å². The molecule has 0 aliphatic carbocycles. The molecule has 19 heteroatoms. The van der Waals surface area contributed by atoms with Crippen LogP contribution in [-0.2, 0) is 18.9 Å². The van der Waals surface area contributed by atoms with Gasteiger partial charge in [-0.25, -0.2) is 19.9 Å². The smallest absolute Gasteiger partial charge is 0.365 e. The Morgan fingerprint density at radius 3 is 1.82 bits per heavy atom. The maximum atomic E-state index is 13.2. The number of hydrogen-bond donors (Lipinski definition) is 1. The van der Waals surface area contributed by atoms with Crippen LogP contribution in [0.25, 0.3) is 43.5 Å². The lowest BCUT2D eigenvalue weighted by atomic mass is 10.2. The lowest BCUT2D eigenvalue weighted by Gasteiger charge is -2.09. The minimum atomic E-state index is -4.51. The number of halogens is 7. The Kier molecular flexibility index (Phi) is 9.59. The van der Waals surface area contributed by atoms with Crippen LogP contribution in [0, 0.1) is 10.1 Å². The third-order valence-corrected chi connectivity index (χ3v) is 9.10. The quantitative estimate of drug-likeness (QED) is 0.0764. The van der Waals surface area contributed by atoms with Gasteiger partial charge in [-0.2, -0.15) is 26.3 Å². The number of nitro groups is 1. The van der Waals surface area contributed by atoms with Crippen molar-refractivity contribution in [3.63, 3.8) is 0 Å². The van der Waals surface area contributed by atoms with Gasteiger partial charge in [-0.15, -0.1) is 22.7 Å². The van der Waals surface area contributed by atoms with Gasteiger partial charge in [0.05, 0.1) is 10.3 Å². The van der Waals surface area contributed by atoms with Crippen molar-refractivity contribution in [1.29, 1.82) is 0 Å². The molecule has 6 heterocycles. The summed E-state index contributed by atoms with van der Waals surface area (Å²) in [4.78, 5) is 34.2. The lowest BCUT2D eigenvalue weighted by Crippen LogP contribution is -2.04. The first kappa shape index (κ1) is 34.5. The number of nitrogens with zero attached hydrogens (tertiary/aromatic N) is 7. The van der Waals surface area contributed by atoms with Gasteiger partial charge in [-0.1, -0.05) is 35.9 Å². The third kappa shape index (κ3) is 7.77. The van der Waals surface area contributed by atoms with E-state index in [2.05, 4.69) is 35.2 Å². The maximum Gasteiger partial charge on any atom is 0.425 e. The predicted molar refractivity (Wildman–Crippen MR) is 177 cm³/mol. The molecule has 0 spiro atoms. The highest BCUT2D eigenvalue weighted by atomic mass is 35.5. The summed E-state index contributed by atoms with van der Waals surface area (Å²) in [7, 11) is 0. The zero-order valence-electron chi connectivity index (χ0n) is 24.7. The molecule has 0 radical (unpaired) electrons. The number of alkyl halides is 6. The minimum Gasteiger partial charge on any atom is -0.365 e. The predicted octanol–water partition coefficient (Wildman–Crippen LogP) is 9.72. The number of anilines is 1. The summed E-state index contributed by atoms with van der Waals surface area (Å²) in [6.45, 7) is 0.132. The summed E-state index contributed by atoms with van der Waals surface area (Å²) in [6, 6.07) is 18.1. The van der Waals surface area contributed by atoms with Crippen molar-refractivity contribution in [2.45, 2.75) is 18.9 Å². The van der Waals surface area contributed by atoms with Crippen LogP contribution in [0.1, 0.15) is 15.3 Å². The Morgan fingerprint density at radius 2 is 1.28 bits per heavy atom. The summed E-state index contributed by atoms with van der Waals surface area (Å²) < 4.78 is 77.7. The van der Waals surface area contributed by atoms with E-state index in [0.717, 1.165) is 12.1 Å². The van der Waals surface area contributed by atoms with Gasteiger partial charge in [0, 0.05) is 36.5 Å². The molecular formula is C31H17ClF6N8O2S2. The molecule has 50 heavy (non-hydrogen) atoms. The summed E-state index contributed by atoms with van der Waals surface area (Å²) >= 11 is 7.00. The molecule has 7 aromatic rings. The van der Waals surface area contributed by atoms with Gasteiger partial charge < -0.3 is 5.32 Å². The van der Waals surface area contributed by atoms with Crippen molar-refractivity contribution >= 4 is 66.2 Å². The fourth-order valence-corrected chi connectivity index (χ4v) is 6.48. The minimum absolute atomic E-state index is 0.0117. The molecule has 0 atom stereocenters. The molecule has 0 aliphatic rings. The molecule has 6 aromatic heterocycles. The molecule has 0 amide bonds. The fraction of sp³-hybridized carbons (Fsp3) is 0.0968. The number of pyridine rings is 2. The van der Waals surface area contributed by atoms with E-state index < -0.39 is 27.0 Å². The van der Waals surface area contributed by atoms with Crippen LogP contribution in [-0.4, -0.2) is 34.8 Å². The zero-order chi connectivity index (χ0) is 35.6. The standard InChI is InChI=1S/C19H12F3N5O2S.C12H5ClF3N3S/c20-19(21,22)15-9-13-16(24-10-11-4-3-5-12(8-11)27(28)29)25-17(26-18(13)30-15)14-6-1-2-7-23-14;13-9-6-5-8(12(14,15)16)20-11(6)19-10(18-9)7-3-1-2-4-17-7/h1-9H,10H2,(H,24,25,26);1-5H. The number of nitrogens with one attached hydrogen (secondary N) is 1. The number of benzene rings is 1. The summed E-state index contributed by atoms with van der Waals surface area (Å²) in [5, 5.41) is 14.3. The monoisotopic (exact) mass is 746 g/mol. The van der Waals surface area contributed by atoms with Gasteiger partial charge in [-0.05, 0) is 42.0 Å². The zero-order valence-corrected chi connectivity index (χ0v) is 27.1. The highest BCUT2D eigenvalue weighted by Gasteiger charge is 2.35. The second-order valence-electron chi connectivity index (χ2n) is 10.1. The fourth-order valence-electron chi connectivity index (χ4n) is 4.41. The van der Waals surface area contributed by atoms with Crippen LogP contribution in [0.2, 0.25) is 5.15 Å². The van der Waals surface area contributed by atoms with E-state index in [1.54, 1.807) is 48.7 Å². The first-order valence-electron chi connectivity index (χ1n) is 14.0. The van der Waals surface area contributed by atoms with E-state index in [4.69, 9.17) is 11.6 Å². The molecule has 0 aliphatic heterocycles. The third-order valence-electron chi connectivity index (χ3n) is 6.67. The van der Waals surface area contributed by atoms with Gasteiger partial charge in [-0.3, -0.25) is 20.1 Å². The normalized spacial score (nSPS) is 11.7. The molecule has 0 saturated carbocycles. The van der Waals surface area contributed by atoms with Gasteiger partial charge >= 0.3 is 12.4 Å². The molecule has 7 rings (SSSR count). The van der Waals surface area contributed by atoms with Crippen LogP contribution < -0.4 is 5.32 Å². The average Bonchev–Trinajstić information content (AvgIpc) is 3.74. The van der Waals surface area contributed by atoms with Crippen LogP contribution in [0.5, 0.6) is 0 Å². The van der Waals surface area contributed by atoms with Crippen LogP contribution in [0.15, 0.2) is 85.2 Å². The Labute approximate surface area is 289 Å². The van der Waals surface area contributed by atoms with Crippen molar-refractivity contribution in [3.05, 3.63) is 116 Å². The number of non-ortho nitro benzene ring substituents is 1. The SMILES string of the molecule is FC(F)(F)c1cc2c(Cl)nc(-c3ccccn3)nc2s1.O=[N+]([O-])c1cccc(CNc2nc(-c3ccccn3)nc3sc(C(F)(F)F)cc23)c1. The Hall–Kier alpha value is -5.33. The molecule has 10 nitrogen and oxygen atoms in total. The Bertz CT molecular complexity index is 2320. The molecule has 0 bridgehead atoms. The molecule has 1 aromatic carbocycles. The summed E-state index contributed by atoms with van der Waals surface area (Å²) in [5.41, 5.74) is 1.38. The Balaban J connectivity index is 0.000000187. The second kappa shape index (κ2) is 13.9. The summed E-state index contributed by atoms with van der Waals surface area (Å²) in [5.74, 6) is 0.581. The average molecular weight is 747 g/mol. The van der Waals surface area contributed by atoms with Gasteiger partial charge in [0.15, 0.2) is 11.6 Å². The number of hydrogen-bond acceptors (Lipinski definition) is 11. The number of aromatic nitrogens is 6. The first-order valence-corrected chi connectivity index (χ1v) is 16.0. The second-order valence-corrected chi connectivity index (χ2v) is 12.5. The number of rotatable bonds is 6. The molecule has 0 unspecified atom stereocenters. The van der Waals surface area contributed by atoms with Crippen LogP contribution in [0.3, 0.4) is 0 Å². The van der Waals surface area contributed by atoms with Gasteiger partial charge in [0.2, 0.25) is 0 Å². The van der Waals surface area contributed by atoms with Crippen LogP contribution in [0.4, 0.5) is 37.8 Å². The molecular weight excluding hydrogens is 730 g/mol. The van der Waals surface area contributed by atoms with Crippen molar-refractivity contribution in [1.82, 2.24) is 29.9 Å². The van der Waals surface area contributed by atoms with Crippen molar-refractivity contribution < 1.29 is 31.3 Å². The van der Waals surface area contributed by atoms with Crippen molar-refractivity contribution in [3.8, 4) is 23.0 Å². The Morgan fingerprint density at radius 1 is 0.720 bits per heavy atom. The molecule has 0 fully saturated rings. The highest BCUT2D eigenvalue weighted by Crippen LogP contribution is 2.41. The molecule has 1 N–H and O–H groups in total. The van der Waals surface area contributed by atoms with E-state index in [-0.39, 0.29) is 55.3 Å². The van der Waals surface area contributed by atoms with Gasteiger partial charge in [0.25, 0.3) is 5.69 Å². The first-order chi connectivity index (χ1) is 23.8. The number of thiophene rings is 2. The van der Waals surface area contributed by atoms with Crippen molar-refractivity contribution in [2.75, 3.05) is 5.32 Å². The summed E-state index contributed by atoms with van der Waals surface area (Å²) in [6.07, 6.45) is -5.84. The molecule has 0 saturated heterocycles. The van der Waals surface area contributed by atoms with E-state index >= 15 is 0 Å². The lowest BCUT2D eigenvalue weighted by molar-refractivity contribution is -0.384. The van der Waals surface area contributed by atoms with Gasteiger partial charge in [0.1, 0.15) is 41.8 Å².